The number of aliphatic hydroxyl groups excluding tert-OH is 7. The summed E-state index contributed by atoms with van der Waals surface area (Å²) in [6.07, 6.45) is -7.26. The van der Waals surface area contributed by atoms with Gasteiger partial charge in [0, 0.05) is 5.54 Å². The quantitative estimate of drug-likeness (QED) is 0.200. The summed E-state index contributed by atoms with van der Waals surface area (Å²) < 4.78 is 17.1. The van der Waals surface area contributed by atoms with Gasteiger partial charge < -0.3 is 50.0 Å². The normalized spacial score (nSPS) is 58.0. The summed E-state index contributed by atoms with van der Waals surface area (Å²) in [6.45, 7) is 3.50. The van der Waals surface area contributed by atoms with Gasteiger partial charge in [-0.1, -0.05) is 13.8 Å². The fourth-order valence-electron chi connectivity index (χ4n) is 8.62. The first kappa shape index (κ1) is 26.2. The number of rotatable bonds is 6. The third-order valence-corrected chi connectivity index (χ3v) is 9.08. The van der Waals surface area contributed by atoms with Crippen molar-refractivity contribution in [3.8, 4) is 0 Å². The molecule has 6 aliphatic rings. The molecule has 12 atom stereocenters. The first-order chi connectivity index (χ1) is 16.4. The minimum atomic E-state index is -1.68. The van der Waals surface area contributed by atoms with Gasteiger partial charge in [0.05, 0.1) is 13.2 Å². The Balaban J connectivity index is 1.30. The van der Waals surface area contributed by atoms with Crippen LogP contribution in [0, 0.1) is 16.7 Å². The van der Waals surface area contributed by atoms with Crippen LogP contribution >= 0.6 is 0 Å². The topological polar surface area (TPSA) is 181 Å². The second-order valence-electron chi connectivity index (χ2n) is 12.6. The molecule has 6 rings (SSSR count). The highest BCUT2D eigenvalue weighted by atomic mass is 16.7. The van der Waals surface area contributed by atoms with Crippen molar-refractivity contribution in [2.45, 2.75) is 119 Å². The van der Waals surface area contributed by atoms with Crippen molar-refractivity contribution in [1.29, 1.82) is 0 Å². The molecule has 35 heavy (non-hydrogen) atoms. The standard InChI is InChI=1S/C24H41NO10/c1-22-3-11-4-23(2,8-22)10-24(5-11,9-22)25-20-17(31)16(30)19(13(7-27)33-20)35-21-18(32)15(29)14(28)12(6-26)34-21/h11-21,25-32H,3-10H2,1-2H3/t11?,12-,13-,14+,15+,16+,17-,18-,19-,20+,21+,22-,23-,24?/m0/s1. The largest absolute Gasteiger partial charge is 0.394 e. The van der Waals surface area contributed by atoms with E-state index in [1.54, 1.807) is 0 Å². The lowest BCUT2D eigenvalue weighted by atomic mass is 9.42. The number of ether oxygens (including phenoxy) is 3. The number of hydrogen-bond donors (Lipinski definition) is 8. The summed E-state index contributed by atoms with van der Waals surface area (Å²) in [5, 5.41) is 75.3. The molecule has 4 saturated carbocycles. The Morgan fingerprint density at radius 2 is 1.37 bits per heavy atom. The van der Waals surface area contributed by atoms with E-state index < -0.39 is 74.6 Å². The molecule has 8 N–H and O–H groups in total. The fraction of sp³-hybridized carbons (Fsp3) is 1.00. The van der Waals surface area contributed by atoms with Gasteiger partial charge in [0.1, 0.15) is 55.1 Å². The molecule has 0 spiro atoms. The number of hydrogen-bond acceptors (Lipinski definition) is 11. The van der Waals surface area contributed by atoms with Gasteiger partial charge >= 0.3 is 0 Å². The van der Waals surface area contributed by atoms with Crippen molar-refractivity contribution in [2.24, 2.45) is 16.7 Å². The predicted octanol–water partition coefficient (Wildman–Crippen LogP) is -2.05. The second kappa shape index (κ2) is 9.09. The number of nitrogens with one attached hydrogen (secondary N) is 1. The van der Waals surface area contributed by atoms with Crippen molar-refractivity contribution in [2.75, 3.05) is 13.2 Å². The molecule has 11 nitrogen and oxygen atoms in total. The van der Waals surface area contributed by atoms with Gasteiger partial charge in [0.25, 0.3) is 0 Å². The van der Waals surface area contributed by atoms with Crippen LogP contribution in [0.5, 0.6) is 0 Å². The zero-order valence-corrected chi connectivity index (χ0v) is 20.4. The molecular weight excluding hydrogens is 462 g/mol. The van der Waals surface area contributed by atoms with E-state index in [1.165, 1.54) is 19.3 Å². The molecule has 2 saturated heterocycles. The average Bonchev–Trinajstić information content (AvgIpc) is 2.76. The van der Waals surface area contributed by atoms with E-state index >= 15 is 0 Å². The first-order valence-corrected chi connectivity index (χ1v) is 12.8. The van der Waals surface area contributed by atoms with E-state index in [0.29, 0.717) is 5.92 Å². The van der Waals surface area contributed by atoms with Crippen LogP contribution in [0.3, 0.4) is 0 Å². The van der Waals surface area contributed by atoms with Crippen LogP contribution in [0.1, 0.15) is 52.4 Å². The minimum absolute atomic E-state index is 0.223. The number of aliphatic hydroxyl groups is 7. The van der Waals surface area contributed by atoms with E-state index in [1.807, 2.05) is 0 Å². The monoisotopic (exact) mass is 503 g/mol. The highest BCUT2D eigenvalue weighted by molar-refractivity contribution is 5.15. The Bertz CT molecular complexity index is 763. The van der Waals surface area contributed by atoms with Gasteiger partial charge in [-0.2, -0.15) is 0 Å². The highest BCUT2D eigenvalue weighted by Crippen LogP contribution is 2.66. The lowest BCUT2D eigenvalue weighted by Crippen LogP contribution is -2.71. The molecule has 4 aliphatic carbocycles. The molecule has 2 heterocycles. The maximum absolute atomic E-state index is 11.0. The molecule has 4 bridgehead atoms. The fourth-order valence-corrected chi connectivity index (χ4v) is 8.62. The molecule has 0 aromatic rings. The molecule has 0 aromatic carbocycles. The van der Waals surface area contributed by atoms with Crippen LogP contribution in [0.2, 0.25) is 0 Å². The second-order valence-corrected chi connectivity index (χ2v) is 12.6. The molecule has 0 unspecified atom stereocenters. The lowest BCUT2D eigenvalue weighted by molar-refractivity contribution is -0.344. The Morgan fingerprint density at radius 1 is 0.743 bits per heavy atom. The smallest absolute Gasteiger partial charge is 0.187 e. The third-order valence-electron chi connectivity index (χ3n) is 9.08. The van der Waals surface area contributed by atoms with Crippen molar-refractivity contribution in [3.63, 3.8) is 0 Å². The first-order valence-electron chi connectivity index (χ1n) is 12.8. The molecule has 0 radical (unpaired) electrons. The maximum atomic E-state index is 11.0. The van der Waals surface area contributed by atoms with Crippen LogP contribution in [0.4, 0.5) is 0 Å². The summed E-state index contributed by atoms with van der Waals surface area (Å²) in [5.74, 6) is 0.607. The predicted molar refractivity (Wildman–Crippen MR) is 120 cm³/mol. The molecule has 0 amide bonds. The van der Waals surface area contributed by atoms with E-state index in [0.717, 1.165) is 19.3 Å². The van der Waals surface area contributed by atoms with Gasteiger partial charge in [-0.25, -0.2) is 0 Å². The summed E-state index contributed by atoms with van der Waals surface area (Å²) >= 11 is 0. The van der Waals surface area contributed by atoms with Crippen molar-refractivity contribution in [1.82, 2.24) is 5.32 Å². The summed E-state index contributed by atoms with van der Waals surface area (Å²) in [5.41, 5.74) is 0.230. The zero-order chi connectivity index (χ0) is 25.3. The minimum Gasteiger partial charge on any atom is -0.394 e. The van der Waals surface area contributed by atoms with E-state index in [2.05, 4.69) is 19.2 Å². The van der Waals surface area contributed by atoms with Gasteiger partial charge in [-0.05, 0) is 55.3 Å². The zero-order valence-electron chi connectivity index (χ0n) is 20.4. The Labute approximate surface area is 205 Å². The van der Waals surface area contributed by atoms with Crippen molar-refractivity contribution >= 4 is 0 Å². The molecular formula is C24H41NO10. The maximum Gasteiger partial charge on any atom is 0.187 e. The van der Waals surface area contributed by atoms with Gasteiger partial charge in [-0.3, -0.25) is 5.32 Å². The van der Waals surface area contributed by atoms with Crippen molar-refractivity contribution < 1.29 is 50.0 Å². The average molecular weight is 504 g/mol. The Hall–Kier alpha value is -0.440. The summed E-state index contributed by atoms with van der Waals surface area (Å²) in [4.78, 5) is 0. The van der Waals surface area contributed by atoms with Gasteiger partial charge in [0.2, 0.25) is 0 Å². The van der Waals surface area contributed by atoms with Gasteiger partial charge in [0.15, 0.2) is 6.29 Å². The molecule has 202 valence electrons. The lowest BCUT2D eigenvalue weighted by Gasteiger charge is -2.66. The summed E-state index contributed by atoms with van der Waals surface area (Å²) in [7, 11) is 0. The van der Waals surface area contributed by atoms with Crippen molar-refractivity contribution in [3.05, 3.63) is 0 Å². The molecule has 11 heteroatoms. The van der Waals surface area contributed by atoms with E-state index in [-0.39, 0.29) is 16.4 Å². The third kappa shape index (κ3) is 4.57. The Kier molecular flexibility index (Phi) is 6.80. The van der Waals surface area contributed by atoms with Crippen LogP contribution in [-0.2, 0) is 14.2 Å². The van der Waals surface area contributed by atoms with Crippen LogP contribution in [0.15, 0.2) is 0 Å². The van der Waals surface area contributed by atoms with Crippen LogP contribution < -0.4 is 5.32 Å². The Morgan fingerprint density at radius 3 is 1.94 bits per heavy atom. The highest BCUT2D eigenvalue weighted by Gasteiger charge is 2.61. The van der Waals surface area contributed by atoms with E-state index in [4.69, 9.17) is 14.2 Å². The van der Waals surface area contributed by atoms with Crippen LogP contribution in [-0.4, -0.2) is 116 Å². The van der Waals surface area contributed by atoms with E-state index in [9.17, 15) is 35.7 Å². The molecule has 0 aromatic heterocycles. The molecule has 6 fully saturated rings. The molecule has 2 aliphatic heterocycles. The SMILES string of the molecule is C[C@@]12CC3CC(N[C@@H]4O[C@@H](CO)[C@H](O[C@H]5O[C@@H](CO)[C@@H](O)[C@@H](O)[C@@H]5O)[C@H](O)[C@@H]4O)(C1)C[C@@](C)(C3)C2. The van der Waals surface area contributed by atoms with Crippen LogP contribution in [0.25, 0.3) is 0 Å². The summed E-state index contributed by atoms with van der Waals surface area (Å²) in [6, 6.07) is 0. The van der Waals surface area contributed by atoms with Gasteiger partial charge in [-0.15, -0.1) is 0 Å².